The van der Waals surface area contributed by atoms with Crippen molar-refractivity contribution < 1.29 is 23.8 Å². The molecule has 1 aromatic carbocycles. The molecule has 212 valence electrons. The lowest BCUT2D eigenvalue weighted by Crippen LogP contribution is -2.55. The first kappa shape index (κ1) is 29.1. The molecule has 3 saturated heterocycles. The highest BCUT2D eigenvalue weighted by Gasteiger charge is 2.36. The molecule has 10 heteroatoms. The monoisotopic (exact) mass is 531 g/mol. The van der Waals surface area contributed by atoms with Crippen molar-refractivity contribution in [3.05, 3.63) is 35.9 Å². The van der Waals surface area contributed by atoms with E-state index in [-0.39, 0.29) is 12.1 Å². The Kier molecular flexibility index (Phi) is 11.5. The van der Waals surface area contributed by atoms with Crippen LogP contribution in [-0.2, 0) is 30.3 Å². The summed E-state index contributed by atoms with van der Waals surface area (Å²) in [6, 6.07) is 10.6. The fourth-order valence-electron chi connectivity index (χ4n) is 5.57. The number of hydrogen-bond donors (Lipinski definition) is 0. The summed E-state index contributed by atoms with van der Waals surface area (Å²) in [5.74, 6) is -0.316. The lowest BCUT2D eigenvalue weighted by molar-refractivity contribution is -0.173. The maximum Gasteiger partial charge on any atom is 0.350 e. The van der Waals surface area contributed by atoms with Crippen molar-refractivity contribution in [2.45, 2.75) is 39.0 Å². The number of rotatable bonds is 13. The van der Waals surface area contributed by atoms with Gasteiger partial charge in [-0.25, -0.2) is 4.79 Å². The van der Waals surface area contributed by atoms with Gasteiger partial charge in [0.1, 0.15) is 0 Å². The minimum atomic E-state index is -0.639. The van der Waals surface area contributed by atoms with E-state index in [9.17, 15) is 9.59 Å². The van der Waals surface area contributed by atoms with E-state index in [1.54, 1.807) is 0 Å². The third-order valence-electron chi connectivity index (χ3n) is 7.68. The molecule has 1 aromatic rings. The highest BCUT2D eigenvalue weighted by atomic mass is 16.6. The van der Waals surface area contributed by atoms with Gasteiger partial charge in [0, 0.05) is 91.7 Å². The standard InChI is InChI=1S/C28H45N5O5/c1-3-36-27(28(35)37-4-2)32-17-15-31(16-18-32)21-25-22-33(26(23-34)38-25)19-14-29-10-12-30(13-11-29)20-24-8-6-5-7-9-24/h5-9,23,25-27H,3-4,10-22H2,1-2H3. The average Bonchev–Trinajstić information content (AvgIpc) is 3.34. The van der Waals surface area contributed by atoms with E-state index in [4.69, 9.17) is 14.2 Å². The largest absolute Gasteiger partial charge is 0.463 e. The van der Waals surface area contributed by atoms with E-state index in [0.717, 1.165) is 91.4 Å². The second-order valence-corrected chi connectivity index (χ2v) is 10.3. The minimum absolute atomic E-state index is 0.00668. The Hall–Kier alpha value is -1.92. The van der Waals surface area contributed by atoms with Crippen LogP contribution in [0.25, 0.3) is 0 Å². The van der Waals surface area contributed by atoms with Crippen molar-refractivity contribution in [2.75, 3.05) is 91.8 Å². The van der Waals surface area contributed by atoms with Crippen LogP contribution in [0.5, 0.6) is 0 Å². The molecule has 38 heavy (non-hydrogen) atoms. The van der Waals surface area contributed by atoms with Gasteiger partial charge in [0.25, 0.3) is 0 Å². The number of piperazine rings is 2. The Balaban J connectivity index is 1.16. The molecule has 3 aliphatic rings. The maximum absolute atomic E-state index is 12.3. The molecule has 3 fully saturated rings. The highest BCUT2D eigenvalue weighted by molar-refractivity contribution is 5.74. The molecule has 0 radical (unpaired) electrons. The van der Waals surface area contributed by atoms with Gasteiger partial charge in [-0.15, -0.1) is 0 Å². The molecule has 0 aromatic heterocycles. The summed E-state index contributed by atoms with van der Waals surface area (Å²) in [5.41, 5.74) is 1.37. The lowest BCUT2D eigenvalue weighted by Gasteiger charge is -2.38. The van der Waals surface area contributed by atoms with Crippen LogP contribution in [0, 0.1) is 0 Å². The van der Waals surface area contributed by atoms with Crippen molar-refractivity contribution in [1.82, 2.24) is 24.5 Å². The van der Waals surface area contributed by atoms with Gasteiger partial charge < -0.3 is 14.2 Å². The summed E-state index contributed by atoms with van der Waals surface area (Å²) in [6.45, 7) is 16.2. The van der Waals surface area contributed by atoms with Gasteiger partial charge in [-0.1, -0.05) is 30.3 Å². The van der Waals surface area contributed by atoms with E-state index >= 15 is 0 Å². The molecule has 0 amide bonds. The van der Waals surface area contributed by atoms with Gasteiger partial charge in [0.15, 0.2) is 12.5 Å². The van der Waals surface area contributed by atoms with Crippen LogP contribution in [-0.4, -0.2) is 147 Å². The van der Waals surface area contributed by atoms with Crippen molar-refractivity contribution in [2.24, 2.45) is 0 Å². The molecule has 3 heterocycles. The first-order valence-corrected chi connectivity index (χ1v) is 14.2. The fourth-order valence-corrected chi connectivity index (χ4v) is 5.57. The summed E-state index contributed by atoms with van der Waals surface area (Å²) >= 11 is 0. The summed E-state index contributed by atoms with van der Waals surface area (Å²) in [7, 11) is 0. The second-order valence-electron chi connectivity index (χ2n) is 10.3. The topological polar surface area (TPSA) is 78.0 Å². The SMILES string of the molecule is CCOC(=O)C(OCC)N1CCN(CC2CN(CCN3CCN(Cc4ccccc4)CC3)C(C=O)O2)CC1. The van der Waals surface area contributed by atoms with E-state index in [2.05, 4.69) is 49.9 Å². The van der Waals surface area contributed by atoms with Gasteiger partial charge >= 0.3 is 5.97 Å². The molecule has 3 atom stereocenters. The van der Waals surface area contributed by atoms with Crippen LogP contribution in [0.1, 0.15) is 19.4 Å². The van der Waals surface area contributed by atoms with Gasteiger partial charge in [0.05, 0.1) is 12.7 Å². The zero-order chi connectivity index (χ0) is 26.7. The van der Waals surface area contributed by atoms with Crippen molar-refractivity contribution >= 4 is 12.3 Å². The fraction of sp³-hybridized carbons (Fsp3) is 0.714. The van der Waals surface area contributed by atoms with E-state index in [1.165, 1.54) is 5.56 Å². The molecular weight excluding hydrogens is 486 g/mol. The number of ether oxygens (including phenoxy) is 3. The summed E-state index contributed by atoms with van der Waals surface area (Å²) in [5, 5.41) is 0. The predicted octanol–water partition coefficient (Wildman–Crippen LogP) is 0.573. The van der Waals surface area contributed by atoms with E-state index in [0.29, 0.717) is 13.2 Å². The zero-order valence-electron chi connectivity index (χ0n) is 23.1. The summed E-state index contributed by atoms with van der Waals surface area (Å²) in [6.07, 6.45) is -0.166. The van der Waals surface area contributed by atoms with Crippen LogP contribution in [0.2, 0.25) is 0 Å². The molecular formula is C28H45N5O5. The minimum Gasteiger partial charge on any atom is -0.463 e. The number of esters is 1. The van der Waals surface area contributed by atoms with Crippen molar-refractivity contribution in [3.63, 3.8) is 0 Å². The Morgan fingerprint density at radius 3 is 2.29 bits per heavy atom. The molecule has 10 nitrogen and oxygen atoms in total. The molecule has 4 rings (SSSR count). The Morgan fingerprint density at radius 1 is 0.947 bits per heavy atom. The van der Waals surface area contributed by atoms with Gasteiger partial charge in [-0.2, -0.15) is 0 Å². The van der Waals surface area contributed by atoms with Gasteiger partial charge in [-0.3, -0.25) is 29.3 Å². The number of carbonyl (C=O) groups excluding carboxylic acids is 2. The Bertz CT molecular complexity index is 845. The quantitative estimate of drug-likeness (QED) is 0.266. The Labute approximate surface area is 227 Å². The molecule has 0 N–H and O–H groups in total. The summed E-state index contributed by atoms with van der Waals surface area (Å²) in [4.78, 5) is 35.6. The van der Waals surface area contributed by atoms with Crippen LogP contribution < -0.4 is 0 Å². The van der Waals surface area contributed by atoms with Crippen LogP contribution in [0.4, 0.5) is 0 Å². The second kappa shape index (κ2) is 15.0. The number of aldehydes is 1. The molecule has 0 saturated carbocycles. The predicted molar refractivity (Wildman–Crippen MR) is 145 cm³/mol. The molecule has 0 aliphatic carbocycles. The molecule has 3 unspecified atom stereocenters. The van der Waals surface area contributed by atoms with Crippen molar-refractivity contribution in [3.8, 4) is 0 Å². The third kappa shape index (κ3) is 8.29. The molecule has 0 spiro atoms. The summed E-state index contributed by atoms with van der Waals surface area (Å²) < 4.78 is 17.0. The van der Waals surface area contributed by atoms with Gasteiger partial charge in [-0.05, 0) is 19.4 Å². The van der Waals surface area contributed by atoms with E-state index < -0.39 is 12.5 Å². The van der Waals surface area contributed by atoms with Crippen molar-refractivity contribution in [1.29, 1.82) is 0 Å². The van der Waals surface area contributed by atoms with Crippen LogP contribution in [0.15, 0.2) is 30.3 Å². The van der Waals surface area contributed by atoms with Gasteiger partial charge in [0.2, 0.25) is 6.23 Å². The molecule has 0 bridgehead atoms. The Morgan fingerprint density at radius 2 is 1.63 bits per heavy atom. The van der Waals surface area contributed by atoms with E-state index in [1.807, 2.05) is 18.7 Å². The first-order chi connectivity index (χ1) is 18.6. The number of carbonyl (C=O) groups is 2. The number of hydrogen-bond acceptors (Lipinski definition) is 10. The smallest absolute Gasteiger partial charge is 0.350 e. The number of nitrogens with zero attached hydrogens (tertiary/aromatic N) is 5. The molecule has 3 aliphatic heterocycles. The van der Waals surface area contributed by atoms with Crippen LogP contribution >= 0.6 is 0 Å². The zero-order valence-corrected chi connectivity index (χ0v) is 23.1. The number of benzene rings is 1. The normalized spacial score (nSPS) is 25.4. The lowest BCUT2D eigenvalue weighted by atomic mass is 10.2. The average molecular weight is 532 g/mol. The third-order valence-corrected chi connectivity index (χ3v) is 7.68. The maximum atomic E-state index is 12.3. The highest BCUT2D eigenvalue weighted by Crippen LogP contribution is 2.18. The van der Waals surface area contributed by atoms with Crippen LogP contribution in [0.3, 0.4) is 0 Å². The first-order valence-electron chi connectivity index (χ1n) is 14.2.